The Morgan fingerprint density at radius 1 is 1.19 bits per heavy atom. The van der Waals surface area contributed by atoms with Crippen LogP contribution < -0.4 is 5.32 Å². The Bertz CT molecular complexity index is 182. The highest BCUT2D eigenvalue weighted by Crippen LogP contribution is 2.33. The van der Waals surface area contributed by atoms with Crippen molar-refractivity contribution in [3.05, 3.63) is 0 Å². The summed E-state index contributed by atoms with van der Waals surface area (Å²) in [5.74, 6) is 1.73. The molecule has 0 aromatic rings. The lowest BCUT2D eigenvalue weighted by molar-refractivity contribution is 0.393. The summed E-state index contributed by atoms with van der Waals surface area (Å²) in [6.07, 6.45) is 5.80. The third-order valence-corrected chi connectivity index (χ3v) is 4.74. The minimum absolute atomic E-state index is 0.770. The SMILES string of the molecule is CC(C)CNCC(C)SC1CCCC(C)C1. The lowest BCUT2D eigenvalue weighted by Gasteiger charge is -2.28. The molecular formula is C14H29NS. The van der Waals surface area contributed by atoms with Crippen LogP contribution in [-0.4, -0.2) is 23.6 Å². The summed E-state index contributed by atoms with van der Waals surface area (Å²) in [4.78, 5) is 0. The second kappa shape index (κ2) is 7.60. The van der Waals surface area contributed by atoms with E-state index in [1.165, 1.54) is 32.2 Å². The molecule has 1 aliphatic carbocycles. The van der Waals surface area contributed by atoms with Crippen LogP contribution in [0.5, 0.6) is 0 Å². The van der Waals surface area contributed by atoms with E-state index in [4.69, 9.17) is 0 Å². The third-order valence-electron chi connectivity index (χ3n) is 3.30. The van der Waals surface area contributed by atoms with Crippen molar-refractivity contribution in [1.29, 1.82) is 0 Å². The van der Waals surface area contributed by atoms with Gasteiger partial charge in [-0.25, -0.2) is 0 Å². The monoisotopic (exact) mass is 243 g/mol. The Morgan fingerprint density at radius 3 is 2.56 bits per heavy atom. The molecular weight excluding hydrogens is 214 g/mol. The largest absolute Gasteiger partial charge is 0.315 e. The molecule has 1 nitrogen and oxygen atoms in total. The molecule has 16 heavy (non-hydrogen) atoms. The Hall–Kier alpha value is 0.310. The molecule has 0 bridgehead atoms. The smallest absolute Gasteiger partial charge is 0.0146 e. The molecule has 1 rings (SSSR count). The maximum Gasteiger partial charge on any atom is 0.0146 e. The highest BCUT2D eigenvalue weighted by atomic mass is 32.2. The third kappa shape index (κ3) is 6.15. The minimum atomic E-state index is 0.770. The molecule has 1 saturated carbocycles. The molecule has 0 spiro atoms. The molecule has 0 aromatic heterocycles. The first kappa shape index (κ1) is 14.4. The van der Waals surface area contributed by atoms with E-state index in [1.54, 1.807) is 0 Å². The molecule has 3 unspecified atom stereocenters. The summed E-state index contributed by atoms with van der Waals surface area (Å²) in [5.41, 5.74) is 0. The van der Waals surface area contributed by atoms with Crippen LogP contribution in [0.3, 0.4) is 0 Å². The molecule has 0 radical (unpaired) electrons. The van der Waals surface area contributed by atoms with Gasteiger partial charge in [0.2, 0.25) is 0 Å². The molecule has 1 aliphatic rings. The topological polar surface area (TPSA) is 12.0 Å². The highest BCUT2D eigenvalue weighted by Gasteiger charge is 2.20. The van der Waals surface area contributed by atoms with E-state index in [2.05, 4.69) is 44.8 Å². The number of hydrogen-bond acceptors (Lipinski definition) is 2. The van der Waals surface area contributed by atoms with Crippen LogP contribution in [0.4, 0.5) is 0 Å². The molecule has 3 atom stereocenters. The van der Waals surface area contributed by atoms with Gasteiger partial charge in [0.15, 0.2) is 0 Å². The first-order valence-corrected chi connectivity index (χ1v) is 7.88. The predicted octanol–water partition coefficient (Wildman–Crippen LogP) is 3.93. The molecule has 0 amide bonds. The van der Waals surface area contributed by atoms with Gasteiger partial charge in [-0.05, 0) is 31.2 Å². The van der Waals surface area contributed by atoms with E-state index in [-0.39, 0.29) is 0 Å². The Balaban J connectivity index is 2.10. The summed E-state index contributed by atoms with van der Waals surface area (Å²) in [6, 6.07) is 0. The van der Waals surface area contributed by atoms with E-state index in [9.17, 15) is 0 Å². The van der Waals surface area contributed by atoms with Gasteiger partial charge < -0.3 is 5.32 Å². The zero-order chi connectivity index (χ0) is 12.0. The van der Waals surface area contributed by atoms with Gasteiger partial charge in [0.1, 0.15) is 0 Å². The molecule has 1 N–H and O–H groups in total. The fraction of sp³-hybridized carbons (Fsp3) is 1.00. The summed E-state index contributed by atoms with van der Waals surface area (Å²) in [6.45, 7) is 11.7. The van der Waals surface area contributed by atoms with Crippen molar-refractivity contribution in [2.75, 3.05) is 13.1 Å². The molecule has 0 heterocycles. The van der Waals surface area contributed by atoms with Crippen LogP contribution in [0.2, 0.25) is 0 Å². The number of nitrogens with one attached hydrogen (secondary N) is 1. The van der Waals surface area contributed by atoms with Gasteiger partial charge in [0, 0.05) is 17.0 Å². The second-order valence-corrected chi connectivity index (χ2v) is 7.64. The van der Waals surface area contributed by atoms with Crippen molar-refractivity contribution in [1.82, 2.24) is 5.32 Å². The molecule has 2 heteroatoms. The van der Waals surface area contributed by atoms with Crippen LogP contribution in [-0.2, 0) is 0 Å². The van der Waals surface area contributed by atoms with Crippen molar-refractivity contribution < 1.29 is 0 Å². The van der Waals surface area contributed by atoms with Crippen molar-refractivity contribution >= 4 is 11.8 Å². The van der Waals surface area contributed by atoms with Crippen LogP contribution in [0.15, 0.2) is 0 Å². The lowest BCUT2D eigenvalue weighted by Crippen LogP contribution is -2.28. The Morgan fingerprint density at radius 2 is 1.94 bits per heavy atom. The number of thioether (sulfide) groups is 1. The number of rotatable bonds is 6. The summed E-state index contributed by atoms with van der Waals surface area (Å²) in [5, 5.41) is 5.27. The predicted molar refractivity (Wildman–Crippen MR) is 76.2 cm³/mol. The maximum absolute atomic E-state index is 3.56. The van der Waals surface area contributed by atoms with Gasteiger partial charge in [-0.1, -0.05) is 40.5 Å². The highest BCUT2D eigenvalue weighted by molar-refractivity contribution is 8.00. The summed E-state index contributed by atoms with van der Waals surface area (Å²) >= 11 is 2.21. The Labute approximate surface area is 106 Å². The maximum atomic E-state index is 3.56. The fourth-order valence-electron chi connectivity index (χ4n) is 2.45. The van der Waals surface area contributed by atoms with Crippen molar-refractivity contribution in [3.8, 4) is 0 Å². The van der Waals surface area contributed by atoms with Crippen LogP contribution in [0.25, 0.3) is 0 Å². The zero-order valence-electron chi connectivity index (χ0n) is 11.5. The molecule has 96 valence electrons. The van der Waals surface area contributed by atoms with E-state index in [0.717, 1.165) is 28.9 Å². The quantitative estimate of drug-likeness (QED) is 0.758. The average molecular weight is 243 g/mol. The van der Waals surface area contributed by atoms with Crippen LogP contribution >= 0.6 is 11.8 Å². The average Bonchev–Trinajstić information content (AvgIpc) is 2.16. The Kier molecular flexibility index (Phi) is 6.83. The minimum Gasteiger partial charge on any atom is -0.315 e. The van der Waals surface area contributed by atoms with Gasteiger partial charge in [0.05, 0.1) is 0 Å². The lowest BCUT2D eigenvalue weighted by atomic mass is 9.91. The first-order chi connectivity index (χ1) is 7.58. The van der Waals surface area contributed by atoms with Gasteiger partial charge >= 0.3 is 0 Å². The zero-order valence-corrected chi connectivity index (χ0v) is 12.3. The van der Waals surface area contributed by atoms with Crippen molar-refractivity contribution in [2.45, 2.75) is 63.9 Å². The number of hydrogen-bond donors (Lipinski definition) is 1. The van der Waals surface area contributed by atoms with E-state index in [1.807, 2.05) is 0 Å². The van der Waals surface area contributed by atoms with Gasteiger partial charge in [-0.15, -0.1) is 0 Å². The fourth-order valence-corrected chi connectivity index (χ4v) is 4.07. The summed E-state index contributed by atoms with van der Waals surface area (Å²) in [7, 11) is 0. The van der Waals surface area contributed by atoms with Crippen LogP contribution in [0.1, 0.15) is 53.4 Å². The molecule has 0 aromatic carbocycles. The van der Waals surface area contributed by atoms with Gasteiger partial charge in [-0.3, -0.25) is 0 Å². The van der Waals surface area contributed by atoms with E-state index < -0.39 is 0 Å². The first-order valence-electron chi connectivity index (χ1n) is 6.94. The standard InChI is InChI=1S/C14H29NS/c1-11(2)9-15-10-13(4)16-14-7-5-6-12(3)8-14/h11-15H,5-10H2,1-4H3. The van der Waals surface area contributed by atoms with Crippen molar-refractivity contribution in [3.63, 3.8) is 0 Å². The normalized spacial score (nSPS) is 28.3. The van der Waals surface area contributed by atoms with E-state index >= 15 is 0 Å². The molecule has 1 fully saturated rings. The van der Waals surface area contributed by atoms with Crippen LogP contribution in [0, 0.1) is 11.8 Å². The van der Waals surface area contributed by atoms with Gasteiger partial charge in [-0.2, -0.15) is 11.8 Å². The van der Waals surface area contributed by atoms with Gasteiger partial charge in [0.25, 0.3) is 0 Å². The second-order valence-electron chi connectivity index (χ2n) is 5.89. The molecule has 0 aliphatic heterocycles. The summed E-state index contributed by atoms with van der Waals surface area (Å²) < 4.78 is 0. The molecule has 0 saturated heterocycles. The van der Waals surface area contributed by atoms with E-state index in [0.29, 0.717) is 0 Å². The van der Waals surface area contributed by atoms with Crippen molar-refractivity contribution in [2.24, 2.45) is 11.8 Å².